The monoisotopic (exact) mass is 316 g/mol. The molecule has 23 heavy (non-hydrogen) atoms. The van der Waals surface area contributed by atoms with E-state index in [1.165, 1.54) is 0 Å². The van der Waals surface area contributed by atoms with Crippen molar-refractivity contribution in [3.05, 3.63) is 35.9 Å². The Morgan fingerprint density at radius 2 is 2.00 bits per heavy atom. The quantitative estimate of drug-likeness (QED) is 0.786. The zero-order valence-electron chi connectivity index (χ0n) is 14.1. The molecular formula is C19H28N2O2. The van der Waals surface area contributed by atoms with Gasteiger partial charge >= 0.3 is 0 Å². The summed E-state index contributed by atoms with van der Waals surface area (Å²) in [5, 5.41) is 3.03. The van der Waals surface area contributed by atoms with E-state index in [1.54, 1.807) is 0 Å². The molecule has 0 saturated carbocycles. The molecule has 1 aliphatic rings. The molecule has 1 N–H and O–H groups in total. The Balaban J connectivity index is 1.74. The minimum absolute atomic E-state index is 0.0842. The normalized spacial score (nSPS) is 16.7. The second-order valence-corrected chi connectivity index (χ2v) is 6.21. The fraction of sp³-hybridized carbons (Fsp3) is 0.579. The maximum Gasteiger partial charge on any atom is 0.227 e. The van der Waals surface area contributed by atoms with Crippen molar-refractivity contribution in [2.75, 3.05) is 19.6 Å². The van der Waals surface area contributed by atoms with Gasteiger partial charge in [-0.1, -0.05) is 43.7 Å². The SMILES string of the molecule is CCC(C(=O)NCCCN1CCCCCC1=O)c1ccccc1. The van der Waals surface area contributed by atoms with Crippen LogP contribution in [0.3, 0.4) is 0 Å². The van der Waals surface area contributed by atoms with Crippen LogP contribution in [0.4, 0.5) is 0 Å². The molecule has 1 aliphatic heterocycles. The third-order valence-corrected chi connectivity index (χ3v) is 4.50. The average Bonchev–Trinajstić information content (AvgIpc) is 2.78. The van der Waals surface area contributed by atoms with Crippen molar-refractivity contribution in [1.29, 1.82) is 0 Å². The van der Waals surface area contributed by atoms with Gasteiger partial charge in [-0.05, 0) is 31.2 Å². The van der Waals surface area contributed by atoms with Crippen LogP contribution in [-0.4, -0.2) is 36.3 Å². The molecule has 0 spiro atoms. The Hall–Kier alpha value is -1.84. The molecule has 2 amide bonds. The van der Waals surface area contributed by atoms with Crippen LogP contribution in [0, 0.1) is 0 Å². The number of amides is 2. The summed E-state index contributed by atoms with van der Waals surface area (Å²) in [5.41, 5.74) is 1.06. The number of rotatable bonds is 7. The van der Waals surface area contributed by atoms with Crippen LogP contribution in [0.5, 0.6) is 0 Å². The molecule has 1 fully saturated rings. The molecule has 1 saturated heterocycles. The molecule has 0 bridgehead atoms. The summed E-state index contributed by atoms with van der Waals surface area (Å²) in [4.78, 5) is 26.2. The Morgan fingerprint density at radius 1 is 1.22 bits per heavy atom. The lowest BCUT2D eigenvalue weighted by Gasteiger charge is -2.21. The van der Waals surface area contributed by atoms with Crippen LogP contribution in [0.1, 0.15) is 56.9 Å². The molecule has 1 unspecified atom stereocenters. The molecule has 1 atom stereocenters. The van der Waals surface area contributed by atoms with Crippen molar-refractivity contribution in [3.63, 3.8) is 0 Å². The van der Waals surface area contributed by atoms with Crippen molar-refractivity contribution < 1.29 is 9.59 Å². The molecule has 4 nitrogen and oxygen atoms in total. The van der Waals surface area contributed by atoms with Gasteiger partial charge in [0.05, 0.1) is 5.92 Å². The molecule has 0 aromatic heterocycles. The molecule has 1 aromatic rings. The van der Waals surface area contributed by atoms with E-state index >= 15 is 0 Å². The predicted molar refractivity (Wildman–Crippen MR) is 92.1 cm³/mol. The number of hydrogen-bond donors (Lipinski definition) is 1. The van der Waals surface area contributed by atoms with Gasteiger partial charge in [-0.3, -0.25) is 9.59 Å². The van der Waals surface area contributed by atoms with Crippen molar-refractivity contribution in [3.8, 4) is 0 Å². The van der Waals surface area contributed by atoms with Crippen molar-refractivity contribution in [2.45, 2.75) is 51.4 Å². The van der Waals surface area contributed by atoms with Crippen LogP contribution < -0.4 is 5.32 Å². The lowest BCUT2D eigenvalue weighted by Crippen LogP contribution is -2.35. The maximum absolute atomic E-state index is 12.4. The standard InChI is InChI=1S/C19H28N2O2/c1-2-17(16-10-5-3-6-11-16)19(23)20-13-9-15-21-14-8-4-7-12-18(21)22/h3,5-6,10-11,17H,2,4,7-9,12-15H2,1H3,(H,20,23). The first-order valence-electron chi connectivity index (χ1n) is 8.82. The lowest BCUT2D eigenvalue weighted by atomic mass is 9.96. The summed E-state index contributed by atoms with van der Waals surface area (Å²) < 4.78 is 0. The number of hydrogen-bond acceptors (Lipinski definition) is 2. The van der Waals surface area contributed by atoms with E-state index in [-0.39, 0.29) is 17.7 Å². The van der Waals surface area contributed by atoms with Gasteiger partial charge in [0.1, 0.15) is 0 Å². The number of nitrogens with zero attached hydrogens (tertiary/aromatic N) is 1. The third-order valence-electron chi connectivity index (χ3n) is 4.50. The van der Waals surface area contributed by atoms with Gasteiger partial charge in [0, 0.05) is 26.1 Å². The zero-order chi connectivity index (χ0) is 16.5. The molecule has 2 rings (SSSR count). The average molecular weight is 316 g/mol. The molecule has 0 aliphatic carbocycles. The summed E-state index contributed by atoms with van der Waals surface area (Å²) >= 11 is 0. The molecule has 1 heterocycles. The van der Waals surface area contributed by atoms with E-state index in [4.69, 9.17) is 0 Å². The first-order chi connectivity index (χ1) is 11.2. The fourth-order valence-electron chi connectivity index (χ4n) is 3.14. The van der Waals surface area contributed by atoms with Crippen LogP contribution in [0.2, 0.25) is 0 Å². The van der Waals surface area contributed by atoms with Crippen LogP contribution in [-0.2, 0) is 9.59 Å². The highest BCUT2D eigenvalue weighted by molar-refractivity contribution is 5.83. The lowest BCUT2D eigenvalue weighted by molar-refractivity contribution is -0.130. The van der Waals surface area contributed by atoms with Gasteiger partial charge in [-0.2, -0.15) is 0 Å². The van der Waals surface area contributed by atoms with Crippen LogP contribution in [0.25, 0.3) is 0 Å². The highest BCUT2D eigenvalue weighted by atomic mass is 16.2. The molecule has 1 aromatic carbocycles. The van der Waals surface area contributed by atoms with Gasteiger partial charge < -0.3 is 10.2 Å². The number of benzene rings is 1. The summed E-state index contributed by atoms with van der Waals surface area (Å²) in [7, 11) is 0. The molecular weight excluding hydrogens is 288 g/mol. The van der Waals surface area contributed by atoms with Gasteiger partial charge in [-0.25, -0.2) is 0 Å². The fourth-order valence-corrected chi connectivity index (χ4v) is 3.14. The highest BCUT2D eigenvalue weighted by Crippen LogP contribution is 2.19. The van der Waals surface area contributed by atoms with Crippen molar-refractivity contribution >= 4 is 11.8 Å². The first-order valence-corrected chi connectivity index (χ1v) is 8.82. The molecule has 126 valence electrons. The second-order valence-electron chi connectivity index (χ2n) is 6.21. The van der Waals surface area contributed by atoms with E-state index < -0.39 is 0 Å². The minimum atomic E-state index is -0.0870. The minimum Gasteiger partial charge on any atom is -0.356 e. The van der Waals surface area contributed by atoms with E-state index in [9.17, 15) is 9.59 Å². The summed E-state index contributed by atoms with van der Waals surface area (Å²) in [6.45, 7) is 4.29. The van der Waals surface area contributed by atoms with Crippen molar-refractivity contribution in [2.24, 2.45) is 0 Å². The van der Waals surface area contributed by atoms with Gasteiger partial charge in [0.25, 0.3) is 0 Å². The van der Waals surface area contributed by atoms with Crippen LogP contribution >= 0.6 is 0 Å². The van der Waals surface area contributed by atoms with E-state index in [0.717, 1.165) is 50.8 Å². The topological polar surface area (TPSA) is 49.4 Å². The maximum atomic E-state index is 12.4. The van der Waals surface area contributed by atoms with Gasteiger partial charge in [0.2, 0.25) is 11.8 Å². The molecule has 4 heteroatoms. The third kappa shape index (κ3) is 5.38. The number of nitrogens with one attached hydrogen (secondary N) is 1. The Labute approximate surface area is 139 Å². The second kappa shape index (κ2) is 9.33. The van der Waals surface area contributed by atoms with Gasteiger partial charge in [-0.15, -0.1) is 0 Å². The first kappa shape index (κ1) is 17.5. The zero-order valence-corrected chi connectivity index (χ0v) is 14.1. The number of likely N-dealkylation sites (tertiary alicyclic amines) is 1. The highest BCUT2D eigenvalue weighted by Gasteiger charge is 2.19. The summed E-state index contributed by atoms with van der Waals surface area (Å²) in [6.07, 6.45) is 5.56. The summed E-state index contributed by atoms with van der Waals surface area (Å²) in [5.74, 6) is 0.265. The Bertz CT molecular complexity index is 501. The van der Waals surface area contributed by atoms with Crippen molar-refractivity contribution in [1.82, 2.24) is 10.2 Å². The van der Waals surface area contributed by atoms with Crippen LogP contribution in [0.15, 0.2) is 30.3 Å². The predicted octanol–water partition coefficient (Wildman–Crippen LogP) is 3.09. The number of carbonyl (C=O) groups excluding carboxylic acids is 2. The Kier molecular flexibility index (Phi) is 7.11. The summed E-state index contributed by atoms with van der Waals surface area (Å²) in [6, 6.07) is 9.91. The number of carbonyl (C=O) groups is 2. The molecule has 0 radical (unpaired) electrons. The van der Waals surface area contributed by atoms with E-state index in [2.05, 4.69) is 5.32 Å². The van der Waals surface area contributed by atoms with E-state index in [0.29, 0.717) is 13.0 Å². The smallest absolute Gasteiger partial charge is 0.227 e. The van der Waals surface area contributed by atoms with Gasteiger partial charge in [0.15, 0.2) is 0 Å². The van der Waals surface area contributed by atoms with E-state index in [1.807, 2.05) is 42.2 Å². The Morgan fingerprint density at radius 3 is 2.74 bits per heavy atom. The largest absolute Gasteiger partial charge is 0.356 e.